The number of aliphatic hydroxyl groups is 2. The number of aryl methyl sites for hydroxylation is 1. The number of nitrogens with two attached hydrogens (primary N) is 1. The van der Waals surface area contributed by atoms with Gasteiger partial charge in [0.2, 0.25) is 11.8 Å². The van der Waals surface area contributed by atoms with Crippen LogP contribution in [-0.4, -0.2) is 103 Å². The van der Waals surface area contributed by atoms with Gasteiger partial charge in [0.1, 0.15) is 36.3 Å². The first-order chi connectivity index (χ1) is 28.1. The number of thioether (sulfide) groups is 1. The normalized spacial score (nSPS) is 20.9. The summed E-state index contributed by atoms with van der Waals surface area (Å²) < 4.78 is 60.6. The molecule has 1 aromatic carbocycles. The number of aromatic nitrogens is 4. The van der Waals surface area contributed by atoms with Gasteiger partial charge in [-0.1, -0.05) is 55.9 Å². The summed E-state index contributed by atoms with van der Waals surface area (Å²) in [4.78, 5) is 96.4. The zero-order valence-corrected chi connectivity index (χ0v) is 35.6. The maximum absolute atomic E-state index is 12.6. The fourth-order valence-electron chi connectivity index (χ4n) is 5.59. The van der Waals surface area contributed by atoms with E-state index >= 15 is 0 Å². The van der Waals surface area contributed by atoms with Crippen molar-refractivity contribution in [3.63, 3.8) is 0 Å². The Morgan fingerprint density at radius 1 is 1.00 bits per heavy atom. The van der Waals surface area contributed by atoms with Gasteiger partial charge in [-0.15, -0.1) is 0 Å². The number of carbonyl (C=O) groups is 3. The molecule has 0 radical (unpaired) electrons. The Bertz CT molecular complexity index is 2080. The molecule has 1 aliphatic rings. The number of fused-ring (bicyclic) bond motifs is 1. The number of unbranched alkanes of at least 4 members (excludes halogenated alkanes) is 1. The van der Waals surface area contributed by atoms with Gasteiger partial charge in [-0.3, -0.25) is 28.1 Å². The Morgan fingerprint density at radius 2 is 1.70 bits per heavy atom. The molecular formula is C32H44N7O17P3S-4. The van der Waals surface area contributed by atoms with Gasteiger partial charge >= 0.3 is 0 Å². The van der Waals surface area contributed by atoms with Crippen molar-refractivity contribution in [3.05, 3.63) is 48.5 Å². The van der Waals surface area contributed by atoms with Crippen LogP contribution in [0.4, 0.5) is 5.82 Å². The lowest BCUT2D eigenvalue weighted by atomic mass is 9.87. The molecule has 7 atom stereocenters. The summed E-state index contributed by atoms with van der Waals surface area (Å²) in [7, 11) is -17.6. The molecule has 24 nitrogen and oxygen atoms in total. The van der Waals surface area contributed by atoms with Gasteiger partial charge < -0.3 is 69.0 Å². The molecule has 2 amide bonds. The number of imidazole rings is 1. The molecule has 1 saturated heterocycles. The van der Waals surface area contributed by atoms with E-state index in [0.29, 0.717) is 12.2 Å². The average molecular weight is 924 g/mol. The molecule has 4 rings (SSSR count). The van der Waals surface area contributed by atoms with Gasteiger partial charge in [-0.05, 0) is 24.8 Å². The summed E-state index contributed by atoms with van der Waals surface area (Å²) in [6, 6.07) is 9.92. The molecule has 2 unspecified atom stereocenters. The number of hydrogen-bond acceptors (Lipinski definition) is 22. The van der Waals surface area contributed by atoms with E-state index in [1.54, 1.807) is 0 Å². The van der Waals surface area contributed by atoms with E-state index in [2.05, 4.69) is 43.5 Å². The predicted octanol–water partition coefficient (Wildman–Crippen LogP) is -1.45. The fourth-order valence-corrected chi connectivity index (χ4v) is 9.04. The molecule has 28 heteroatoms. The number of phosphoric acid groups is 3. The number of nitrogen functional groups attached to an aromatic ring is 1. The number of nitrogens with zero attached hydrogens (tertiary/aromatic N) is 4. The molecule has 0 spiro atoms. The Hall–Kier alpha value is -3.22. The smallest absolute Gasteiger partial charge is 0.274 e. The highest BCUT2D eigenvalue weighted by atomic mass is 32.2. The van der Waals surface area contributed by atoms with Crippen LogP contribution >= 0.6 is 35.2 Å². The van der Waals surface area contributed by atoms with Crippen molar-refractivity contribution >= 4 is 69.1 Å². The molecule has 0 bridgehead atoms. The SMILES string of the molecule is CC(C)(COP(=O)([O-])OP(=O)([O-])OC[C@H]1O[C@@H](n2cnc3c(N)ncnc32)[C@H](O)[C@@H]1OP(=O)([O-])[O-])[C@@H](O)C(=O)NCCC(=O)NCCSC(=O)CCCCc1ccccc1. The number of phosphoric ester groups is 3. The summed E-state index contributed by atoms with van der Waals surface area (Å²) in [5, 5.41) is 26.3. The average Bonchev–Trinajstić information content (AvgIpc) is 3.73. The van der Waals surface area contributed by atoms with E-state index < -0.39 is 84.6 Å². The summed E-state index contributed by atoms with van der Waals surface area (Å²) in [5.74, 6) is -1.18. The number of carbonyl (C=O) groups excluding carboxylic acids is 3. The van der Waals surface area contributed by atoms with Crippen molar-refractivity contribution in [2.75, 3.05) is 37.8 Å². The highest BCUT2D eigenvalue weighted by Crippen LogP contribution is 2.56. The van der Waals surface area contributed by atoms with Crippen molar-refractivity contribution < 1.29 is 80.5 Å². The Labute approximate surface area is 347 Å². The topological polar surface area (TPSA) is 375 Å². The summed E-state index contributed by atoms with van der Waals surface area (Å²) >= 11 is 1.10. The maximum atomic E-state index is 12.6. The van der Waals surface area contributed by atoms with Crippen molar-refractivity contribution in [3.8, 4) is 0 Å². The second-order valence-electron chi connectivity index (χ2n) is 13.9. The van der Waals surface area contributed by atoms with E-state index in [0.717, 1.165) is 48.2 Å². The van der Waals surface area contributed by atoms with Gasteiger partial charge in [0.25, 0.3) is 15.6 Å². The van der Waals surface area contributed by atoms with Crippen molar-refractivity contribution in [2.45, 2.75) is 76.6 Å². The Kier molecular flexibility index (Phi) is 17.9. The van der Waals surface area contributed by atoms with Crippen LogP contribution in [0.3, 0.4) is 0 Å². The standard InChI is InChI=1S/C32H48N7O17P3S/c1-32(2,27(43)30(44)35-13-12-22(40)34-14-15-60-23(41)11-7-6-10-20-8-4-3-5-9-20)17-53-59(50,51)56-58(48,49)52-16-21-26(55-57(45,46)47)25(42)31(54-21)39-19-38-24-28(33)36-18-37-29(24)39/h3-5,8-9,18-19,21,25-27,31,42-43H,6-7,10-17H2,1-2H3,(H,34,40)(H,35,44)(H,48,49)(H,50,51)(H2,33,36,37)(H2,45,46,47)/p-4/t21-,25-,26-,27+,31-/m1/s1. The van der Waals surface area contributed by atoms with Crippen LogP contribution in [0.1, 0.15) is 51.3 Å². The first kappa shape index (κ1) is 49.4. The molecule has 2 aromatic heterocycles. The van der Waals surface area contributed by atoms with Crippen LogP contribution in [0, 0.1) is 5.41 Å². The largest absolute Gasteiger partial charge is 0.790 e. The maximum Gasteiger partial charge on any atom is 0.274 e. The van der Waals surface area contributed by atoms with Crippen molar-refractivity contribution in [1.82, 2.24) is 30.2 Å². The number of aliphatic hydroxyl groups excluding tert-OH is 2. The van der Waals surface area contributed by atoms with Gasteiger partial charge in [0, 0.05) is 37.1 Å². The van der Waals surface area contributed by atoms with Gasteiger partial charge in [0.05, 0.1) is 27.4 Å². The minimum absolute atomic E-state index is 0.0120. The second kappa shape index (κ2) is 21.7. The Balaban J connectivity index is 1.17. The lowest BCUT2D eigenvalue weighted by molar-refractivity contribution is -0.347. The number of benzene rings is 1. The number of nitrogens with one attached hydrogen (secondary N) is 2. The highest BCUT2D eigenvalue weighted by molar-refractivity contribution is 8.13. The predicted molar refractivity (Wildman–Crippen MR) is 202 cm³/mol. The van der Waals surface area contributed by atoms with E-state index in [4.69, 9.17) is 10.5 Å². The van der Waals surface area contributed by atoms with E-state index in [1.165, 1.54) is 19.4 Å². The number of ether oxygens (including phenoxy) is 1. The van der Waals surface area contributed by atoms with Gasteiger partial charge in [-0.25, -0.2) is 19.3 Å². The highest BCUT2D eigenvalue weighted by Gasteiger charge is 2.47. The third kappa shape index (κ3) is 15.3. The minimum atomic E-state index is -5.92. The number of hydrogen-bond donors (Lipinski definition) is 5. The quantitative estimate of drug-likeness (QED) is 0.0507. The molecule has 6 N–H and O–H groups in total. The van der Waals surface area contributed by atoms with Gasteiger partial charge in [0.15, 0.2) is 22.8 Å². The molecule has 3 aromatic rings. The molecule has 334 valence electrons. The van der Waals surface area contributed by atoms with Crippen LogP contribution in [0.2, 0.25) is 0 Å². The molecule has 3 heterocycles. The van der Waals surface area contributed by atoms with Crippen LogP contribution in [-0.2, 0) is 57.1 Å². The fraction of sp³-hybridized carbons (Fsp3) is 0.562. The van der Waals surface area contributed by atoms with E-state index in [1.807, 2.05) is 30.3 Å². The number of anilines is 1. The van der Waals surface area contributed by atoms with Crippen molar-refractivity contribution in [1.29, 1.82) is 0 Å². The molecule has 1 fully saturated rings. The number of amides is 2. The van der Waals surface area contributed by atoms with E-state index in [9.17, 15) is 57.9 Å². The molecule has 1 aliphatic heterocycles. The summed E-state index contributed by atoms with van der Waals surface area (Å²) in [6.07, 6.45) is -4.66. The second-order valence-corrected chi connectivity index (χ2v) is 19.1. The third-order valence-corrected chi connectivity index (χ3v) is 12.6. The monoisotopic (exact) mass is 923 g/mol. The molecule has 60 heavy (non-hydrogen) atoms. The minimum Gasteiger partial charge on any atom is -0.790 e. The van der Waals surface area contributed by atoms with Crippen LogP contribution < -0.4 is 35.9 Å². The lowest BCUT2D eigenvalue weighted by Crippen LogP contribution is -2.46. The zero-order chi connectivity index (χ0) is 44.3. The van der Waals surface area contributed by atoms with E-state index in [-0.39, 0.29) is 41.6 Å². The first-order valence-corrected chi connectivity index (χ1v) is 23.5. The van der Waals surface area contributed by atoms with Crippen LogP contribution in [0.15, 0.2) is 43.0 Å². The van der Waals surface area contributed by atoms with Crippen LogP contribution in [0.5, 0.6) is 0 Å². The van der Waals surface area contributed by atoms with Gasteiger partial charge in [-0.2, -0.15) is 0 Å². The molecular weight excluding hydrogens is 879 g/mol. The zero-order valence-electron chi connectivity index (χ0n) is 32.1. The summed E-state index contributed by atoms with van der Waals surface area (Å²) in [6.45, 7) is 0.120. The summed E-state index contributed by atoms with van der Waals surface area (Å²) in [5.41, 5.74) is 5.28. The third-order valence-electron chi connectivity index (χ3n) is 8.68. The van der Waals surface area contributed by atoms with Crippen molar-refractivity contribution in [2.24, 2.45) is 5.41 Å². The molecule has 0 aliphatic carbocycles. The number of rotatable bonds is 24. The Morgan fingerprint density at radius 3 is 2.40 bits per heavy atom. The first-order valence-electron chi connectivity index (χ1n) is 18.1. The lowest BCUT2D eigenvalue weighted by Gasteiger charge is -2.36. The molecule has 0 saturated carbocycles. The van der Waals surface area contributed by atoms with Crippen LogP contribution in [0.25, 0.3) is 11.2 Å².